The lowest BCUT2D eigenvalue weighted by molar-refractivity contribution is -0.124. The number of amides is 1. The first-order valence-electron chi connectivity index (χ1n) is 5.21. The zero-order valence-electron chi connectivity index (χ0n) is 8.90. The Labute approximate surface area is 84.4 Å². The molecule has 82 valence electrons. The summed E-state index contributed by atoms with van der Waals surface area (Å²) in [7, 11) is 0. The summed E-state index contributed by atoms with van der Waals surface area (Å²) in [6, 6.07) is 0. The lowest BCUT2D eigenvalue weighted by Crippen LogP contribution is -2.47. The molecule has 2 N–H and O–H groups in total. The van der Waals surface area contributed by atoms with Gasteiger partial charge in [0.2, 0.25) is 5.91 Å². The summed E-state index contributed by atoms with van der Waals surface area (Å²) in [5.74, 6) is -0.138. The average Bonchev–Trinajstić information content (AvgIpc) is 2.15. The van der Waals surface area contributed by atoms with Gasteiger partial charge in [0.1, 0.15) is 5.67 Å². The van der Waals surface area contributed by atoms with Gasteiger partial charge in [-0.15, -0.1) is 0 Å². The summed E-state index contributed by atoms with van der Waals surface area (Å²) in [5.41, 5.74) is -1.20. The molecule has 14 heavy (non-hydrogen) atoms. The molecule has 0 saturated carbocycles. The van der Waals surface area contributed by atoms with Gasteiger partial charge >= 0.3 is 0 Å². The molecule has 1 aliphatic rings. The van der Waals surface area contributed by atoms with Crippen molar-refractivity contribution in [3.05, 3.63) is 0 Å². The molecule has 0 radical (unpaired) electrons. The van der Waals surface area contributed by atoms with Gasteiger partial charge in [0, 0.05) is 5.92 Å². The van der Waals surface area contributed by atoms with E-state index in [2.05, 4.69) is 10.6 Å². The Kier molecular flexibility index (Phi) is 3.86. The molecule has 1 fully saturated rings. The molecule has 0 spiro atoms. The first-order chi connectivity index (χ1) is 6.53. The van der Waals surface area contributed by atoms with Crippen molar-refractivity contribution in [1.29, 1.82) is 0 Å². The van der Waals surface area contributed by atoms with Crippen molar-refractivity contribution in [3.63, 3.8) is 0 Å². The summed E-state index contributed by atoms with van der Waals surface area (Å²) in [6.45, 7) is 5.18. The maximum Gasteiger partial charge on any atom is 0.222 e. The van der Waals surface area contributed by atoms with E-state index in [1.807, 2.05) is 13.8 Å². The molecule has 1 amide bonds. The second kappa shape index (κ2) is 4.73. The van der Waals surface area contributed by atoms with Gasteiger partial charge in [-0.3, -0.25) is 4.79 Å². The molecule has 0 aromatic carbocycles. The molecule has 1 rings (SSSR count). The fourth-order valence-corrected chi connectivity index (χ4v) is 1.50. The third kappa shape index (κ3) is 3.25. The van der Waals surface area contributed by atoms with Crippen LogP contribution in [0.25, 0.3) is 0 Å². The van der Waals surface area contributed by atoms with Crippen LogP contribution < -0.4 is 10.6 Å². The van der Waals surface area contributed by atoms with Crippen LogP contribution in [0, 0.1) is 5.92 Å². The van der Waals surface area contributed by atoms with E-state index in [1.165, 1.54) is 0 Å². The van der Waals surface area contributed by atoms with Gasteiger partial charge in [0.25, 0.3) is 0 Å². The number of carbonyl (C=O) groups excluding carboxylic acids is 1. The van der Waals surface area contributed by atoms with Gasteiger partial charge in [-0.2, -0.15) is 0 Å². The fraction of sp³-hybridized carbons (Fsp3) is 0.900. The highest BCUT2D eigenvalue weighted by Gasteiger charge is 2.31. The third-order valence-corrected chi connectivity index (χ3v) is 2.60. The van der Waals surface area contributed by atoms with Crippen LogP contribution >= 0.6 is 0 Å². The Morgan fingerprint density at radius 2 is 2.07 bits per heavy atom. The van der Waals surface area contributed by atoms with Crippen molar-refractivity contribution in [2.75, 3.05) is 19.6 Å². The van der Waals surface area contributed by atoms with E-state index in [4.69, 9.17) is 0 Å². The van der Waals surface area contributed by atoms with E-state index in [-0.39, 0.29) is 18.4 Å². The highest BCUT2D eigenvalue weighted by Crippen LogP contribution is 2.21. The van der Waals surface area contributed by atoms with Crippen LogP contribution in [0.15, 0.2) is 0 Å². The molecule has 0 atom stereocenters. The van der Waals surface area contributed by atoms with E-state index in [1.54, 1.807) is 0 Å². The molecule has 0 aromatic heterocycles. The van der Waals surface area contributed by atoms with Crippen molar-refractivity contribution >= 4 is 5.91 Å². The Bertz CT molecular complexity index is 200. The molecule has 0 aromatic rings. The Balaban J connectivity index is 2.32. The minimum Gasteiger partial charge on any atom is -0.353 e. The van der Waals surface area contributed by atoms with E-state index in [0.717, 1.165) is 0 Å². The number of hydrogen-bond donors (Lipinski definition) is 2. The van der Waals surface area contributed by atoms with Crippen molar-refractivity contribution < 1.29 is 9.18 Å². The van der Waals surface area contributed by atoms with E-state index in [9.17, 15) is 9.18 Å². The predicted octanol–water partition coefficient (Wildman–Crippen LogP) is 0.850. The highest BCUT2D eigenvalue weighted by molar-refractivity contribution is 5.77. The maximum atomic E-state index is 13.9. The number of hydrogen-bond acceptors (Lipinski definition) is 2. The van der Waals surface area contributed by atoms with Crippen LogP contribution in [-0.4, -0.2) is 31.2 Å². The summed E-state index contributed by atoms with van der Waals surface area (Å²) >= 11 is 0. The van der Waals surface area contributed by atoms with Gasteiger partial charge in [-0.05, 0) is 25.9 Å². The van der Waals surface area contributed by atoms with Crippen molar-refractivity contribution in [3.8, 4) is 0 Å². The van der Waals surface area contributed by atoms with Gasteiger partial charge in [-0.1, -0.05) is 13.8 Å². The molecule has 0 bridgehead atoms. The summed E-state index contributed by atoms with van der Waals surface area (Å²) in [5, 5.41) is 5.75. The minimum atomic E-state index is -1.20. The second-order valence-corrected chi connectivity index (χ2v) is 4.27. The number of nitrogens with one attached hydrogen (secondary N) is 2. The van der Waals surface area contributed by atoms with Crippen LogP contribution in [0.4, 0.5) is 4.39 Å². The van der Waals surface area contributed by atoms with Gasteiger partial charge in [0.05, 0.1) is 6.54 Å². The van der Waals surface area contributed by atoms with Crippen molar-refractivity contribution in [2.24, 2.45) is 5.92 Å². The molecule has 1 heterocycles. The smallest absolute Gasteiger partial charge is 0.222 e. The average molecular weight is 202 g/mol. The predicted molar refractivity (Wildman–Crippen MR) is 53.8 cm³/mol. The standard InChI is InChI=1S/C10H19FN2O/c1-8(2)9(14)13-7-10(11)3-5-12-6-4-10/h8,12H,3-7H2,1-2H3,(H,13,14). The second-order valence-electron chi connectivity index (χ2n) is 4.27. The lowest BCUT2D eigenvalue weighted by Gasteiger charge is -2.30. The van der Waals surface area contributed by atoms with Crippen molar-refractivity contribution in [1.82, 2.24) is 10.6 Å². The van der Waals surface area contributed by atoms with E-state index >= 15 is 0 Å². The Morgan fingerprint density at radius 1 is 1.50 bits per heavy atom. The first kappa shape index (κ1) is 11.4. The number of rotatable bonds is 3. The number of carbonyl (C=O) groups is 1. The quantitative estimate of drug-likeness (QED) is 0.712. The molecule has 0 aliphatic carbocycles. The van der Waals surface area contributed by atoms with Crippen LogP contribution in [0.5, 0.6) is 0 Å². The molecule has 1 aliphatic heterocycles. The monoisotopic (exact) mass is 202 g/mol. The molecular weight excluding hydrogens is 183 g/mol. The van der Waals surface area contributed by atoms with Gasteiger partial charge in [-0.25, -0.2) is 4.39 Å². The zero-order valence-corrected chi connectivity index (χ0v) is 8.90. The number of halogens is 1. The van der Waals surface area contributed by atoms with E-state index < -0.39 is 5.67 Å². The molecular formula is C10H19FN2O. The first-order valence-corrected chi connectivity index (χ1v) is 5.21. The van der Waals surface area contributed by atoms with Crippen LogP contribution in [-0.2, 0) is 4.79 Å². The topological polar surface area (TPSA) is 41.1 Å². The molecule has 0 unspecified atom stereocenters. The Hall–Kier alpha value is -0.640. The summed E-state index contributed by atoms with van der Waals surface area (Å²) < 4.78 is 13.9. The summed E-state index contributed by atoms with van der Waals surface area (Å²) in [4.78, 5) is 11.2. The normalized spacial score (nSPS) is 20.9. The zero-order chi connectivity index (χ0) is 10.6. The largest absolute Gasteiger partial charge is 0.353 e. The minimum absolute atomic E-state index is 0.0689. The molecule has 4 heteroatoms. The molecule has 1 saturated heterocycles. The van der Waals surface area contributed by atoms with Crippen LogP contribution in [0.2, 0.25) is 0 Å². The van der Waals surface area contributed by atoms with Crippen LogP contribution in [0.1, 0.15) is 26.7 Å². The van der Waals surface area contributed by atoms with Crippen molar-refractivity contribution in [2.45, 2.75) is 32.4 Å². The maximum absolute atomic E-state index is 13.9. The fourth-order valence-electron chi connectivity index (χ4n) is 1.50. The Morgan fingerprint density at radius 3 is 2.57 bits per heavy atom. The SMILES string of the molecule is CC(C)C(=O)NCC1(F)CCNCC1. The van der Waals surface area contributed by atoms with Gasteiger partial charge < -0.3 is 10.6 Å². The lowest BCUT2D eigenvalue weighted by atomic mass is 9.94. The number of alkyl halides is 1. The van der Waals surface area contributed by atoms with Crippen LogP contribution in [0.3, 0.4) is 0 Å². The highest BCUT2D eigenvalue weighted by atomic mass is 19.1. The van der Waals surface area contributed by atoms with E-state index in [0.29, 0.717) is 25.9 Å². The third-order valence-electron chi connectivity index (χ3n) is 2.60. The summed E-state index contributed by atoms with van der Waals surface area (Å²) in [6.07, 6.45) is 0.983. The molecule has 3 nitrogen and oxygen atoms in total. The number of piperidine rings is 1. The van der Waals surface area contributed by atoms with Gasteiger partial charge in [0.15, 0.2) is 0 Å².